The van der Waals surface area contributed by atoms with Crippen LogP contribution >= 0.6 is 0 Å². The number of hydrogen-bond donors (Lipinski definition) is 0. The summed E-state index contributed by atoms with van der Waals surface area (Å²) in [4.78, 5) is 23.4. The van der Waals surface area contributed by atoms with Crippen molar-refractivity contribution in [2.75, 3.05) is 26.2 Å². The minimum absolute atomic E-state index is 0.0645. The number of nitrogens with zero attached hydrogens (tertiary/aromatic N) is 3. The van der Waals surface area contributed by atoms with Gasteiger partial charge in [0.1, 0.15) is 4.90 Å². The summed E-state index contributed by atoms with van der Waals surface area (Å²) in [6.07, 6.45) is 0. The van der Waals surface area contributed by atoms with E-state index in [1.54, 1.807) is 0 Å². The Morgan fingerprint density at radius 1 is 1.03 bits per heavy atom. The number of hydrogen-bond acceptors (Lipinski definition) is 5. The summed E-state index contributed by atoms with van der Waals surface area (Å²) in [7, 11) is -4.44. The first-order chi connectivity index (χ1) is 14.0. The second-order valence-electron chi connectivity index (χ2n) is 6.63. The third-order valence-electron chi connectivity index (χ3n) is 4.80. The lowest BCUT2D eigenvalue weighted by molar-refractivity contribution is -0.385. The Hall–Kier alpha value is -2.99. The maximum Gasteiger partial charge on any atom is 0.273 e. The number of nitro groups is 1. The van der Waals surface area contributed by atoms with Crippen LogP contribution in [-0.4, -0.2) is 54.6 Å². The van der Waals surface area contributed by atoms with Gasteiger partial charge in [0.2, 0.25) is 10.0 Å². The predicted molar refractivity (Wildman–Crippen MR) is 98.8 cm³/mol. The first-order valence-corrected chi connectivity index (χ1v) is 10.2. The third kappa shape index (κ3) is 3.87. The number of aryl methyl sites for hydroxylation is 1. The molecule has 12 heteroatoms. The normalized spacial score (nSPS) is 15.3. The highest BCUT2D eigenvalue weighted by molar-refractivity contribution is 7.89. The molecule has 2 aromatic rings. The van der Waals surface area contributed by atoms with Gasteiger partial charge in [-0.2, -0.15) is 4.31 Å². The van der Waals surface area contributed by atoms with Crippen molar-refractivity contribution in [3.05, 3.63) is 69.0 Å². The van der Waals surface area contributed by atoms with Gasteiger partial charge in [0, 0.05) is 43.4 Å². The fourth-order valence-corrected chi connectivity index (χ4v) is 4.58. The average Bonchev–Trinajstić information content (AvgIpc) is 2.71. The molecule has 1 aliphatic heterocycles. The van der Waals surface area contributed by atoms with E-state index in [4.69, 9.17) is 0 Å². The van der Waals surface area contributed by atoms with Crippen molar-refractivity contribution in [2.24, 2.45) is 0 Å². The van der Waals surface area contributed by atoms with Crippen LogP contribution in [0.25, 0.3) is 0 Å². The minimum Gasteiger partial charge on any atom is -0.336 e. The van der Waals surface area contributed by atoms with Gasteiger partial charge >= 0.3 is 0 Å². The van der Waals surface area contributed by atoms with E-state index in [9.17, 15) is 36.5 Å². The largest absolute Gasteiger partial charge is 0.336 e. The summed E-state index contributed by atoms with van der Waals surface area (Å²) in [5.41, 5.74) is 0.257. The molecular weight excluding hydrogens is 427 g/mol. The summed E-state index contributed by atoms with van der Waals surface area (Å²) in [6.45, 7) is 0.991. The highest BCUT2D eigenvalue weighted by Crippen LogP contribution is 2.25. The van der Waals surface area contributed by atoms with Crippen molar-refractivity contribution >= 4 is 21.6 Å². The SMILES string of the molecule is Cc1ccc(C(=O)N2CCN(S(=O)(=O)c3ccc(F)c(F)c3F)CC2)cc1[N+](=O)[O-]. The van der Waals surface area contributed by atoms with Crippen LogP contribution in [0.2, 0.25) is 0 Å². The van der Waals surface area contributed by atoms with Crippen molar-refractivity contribution in [1.82, 2.24) is 9.21 Å². The van der Waals surface area contributed by atoms with Gasteiger partial charge in [-0.1, -0.05) is 6.07 Å². The number of carbonyl (C=O) groups is 1. The topological polar surface area (TPSA) is 101 Å². The quantitative estimate of drug-likeness (QED) is 0.411. The Labute approximate surface area is 169 Å². The van der Waals surface area contributed by atoms with Crippen molar-refractivity contribution in [1.29, 1.82) is 0 Å². The van der Waals surface area contributed by atoms with Crippen molar-refractivity contribution in [3.8, 4) is 0 Å². The number of carbonyl (C=O) groups excluding carboxylic acids is 1. The Kier molecular flexibility index (Phi) is 5.81. The second-order valence-corrected chi connectivity index (χ2v) is 8.53. The molecule has 0 N–H and O–H groups in total. The smallest absolute Gasteiger partial charge is 0.273 e. The van der Waals surface area contributed by atoms with Gasteiger partial charge in [-0.15, -0.1) is 0 Å². The fourth-order valence-electron chi connectivity index (χ4n) is 3.10. The average molecular weight is 443 g/mol. The molecule has 160 valence electrons. The van der Waals surface area contributed by atoms with Crippen LogP contribution in [0.3, 0.4) is 0 Å². The molecule has 0 unspecified atom stereocenters. The molecule has 8 nitrogen and oxygen atoms in total. The van der Waals surface area contributed by atoms with E-state index in [1.165, 1.54) is 24.0 Å². The highest BCUT2D eigenvalue weighted by Gasteiger charge is 2.34. The van der Waals surface area contributed by atoms with Crippen LogP contribution in [0.1, 0.15) is 15.9 Å². The number of amides is 1. The lowest BCUT2D eigenvalue weighted by Gasteiger charge is -2.34. The number of nitro benzene ring substituents is 1. The summed E-state index contributed by atoms with van der Waals surface area (Å²) in [6, 6.07) is 5.20. The number of piperazine rings is 1. The summed E-state index contributed by atoms with van der Waals surface area (Å²) in [5, 5.41) is 11.1. The molecule has 0 aromatic heterocycles. The second kappa shape index (κ2) is 8.03. The van der Waals surface area contributed by atoms with Crippen molar-refractivity contribution < 1.29 is 31.3 Å². The summed E-state index contributed by atoms with van der Waals surface area (Å²) < 4.78 is 66.5. The molecule has 3 rings (SSSR count). The van der Waals surface area contributed by atoms with Crippen LogP contribution in [0.5, 0.6) is 0 Å². The summed E-state index contributed by atoms with van der Waals surface area (Å²) >= 11 is 0. The van der Waals surface area contributed by atoms with E-state index < -0.39 is 43.2 Å². The van der Waals surface area contributed by atoms with Gasteiger partial charge in [0.05, 0.1) is 4.92 Å². The molecule has 1 amide bonds. The van der Waals surface area contributed by atoms with Crippen LogP contribution in [0.15, 0.2) is 35.2 Å². The Bertz CT molecular complexity index is 1130. The molecule has 0 saturated carbocycles. The van der Waals surface area contributed by atoms with Crippen molar-refractivity contribution in [2.45, 2.75) is 11.8 Å². The van der Waals surface area contributed by atoms with Gasteiger partial charge in [0.25, 0.3) is 11.6 Å². The lowest BCUT2D eigenvalue weighted by Crippen LogP contribution is -2.50. The van der Waals surface area contributed by atoms with Crippen LogP contribution in [-0.2, 0) is 10.0 Å². The molecule has 1 fully saturated rings. The Morgan fingerprint density at radius 2 is 1.67 bits per heavy atom. The van der Waals surface area contributed by atoms with E-state index in [2.05, 4.69) is 0 Å². The van der Waals surface area contributed by atoms with Gasteiger partial charge in [-0.25, -0.2) is 21.6 Å². The highest BCUT2D eigenvalue weighted by atomic mass is 32.2. The first-order valence-electron chi connectivity index (χ1n) is 8.72. The molecule has 0 spiro atoms. The minimum atomic E-state index is -4.44. The van der Waals surface area contributed by atoms with Gasteiger partial charge in [0.15, 0.2) is 17.5 Å². The van der Waals surface area contributed by atoms with Crippen LogP contribution < -0.4 is 0 Å². The van der Waals surface area contributed by atoms with Crippen molar-refractivity contribution in [3.63, 3.8) is 0 Å². The number of benzene rings is 2. The van der Waals surface area contributed by atoms with Crippen LogP contribution in [0.4, 0.5) is 18.9 Å². The number of rotatable bonds is 4. The van der Waals surface area contributed by atoms with E-state index in [-0.39, 0.29) is 37.4 Å². The van der Waals surface area contributed by atoms with E-state index in [0.29, 0.717) is 17.7 Å². The molecule has 0 radical (unpaired) electrons. The molecule has 1 aliphatic rings. The molecule has 1 saturated heterocycles. The van der Waals surface area contributed by atoms with E-state index in [1.807, 2.05) is 0 Å². The summed E-state index contributed by atoms with van der Waals surface area (Å²) in [5.74, 6) is -5.71. The zero-order chi connectivity index (χ0) is 22.2. The fraction of sp³-hybridized carbons (Fsp3) is 0.278. The lowest BCUT2D eigenvalue weighted by atomic mass is 10.1. The zero-order valence-corrected chi connectivity index (χ0v) is 16.5. The molecule has 0 bridgehead atoms. The number of sulfonamides is 1. The molecule has 0 aliphatic carbocycles. The Balaban J connectivity index is 1.76. The zero-order valence-electron chi connectivity index (χ0n) is 15.6. The third-order valence-corrected chi connectivity index (χ3v) is 6.71. The first kappa shape index (κ1) is 21.7. The monoisotopic (exact) mass is 443 g/mol. The van der Waals surface area contributed by atoms with Gasteiger partial charge in [-0.3, -0.25) is 14.9 Å². The maximum absolute atomic E-state index is 13.9. The molecule has 30 heavy (non-hydrogen) atoms. The standard InChI is InChI=1S/C18H16F3N3O5S/c1-11-2-3-12(10-14(11)24(26)27)18(25)22-6-8-23(9-7-22)30(28,29)15-5-4-13(19)16(20)17(15)21/h2-5,10H,6-9H2,1H3. The predicted octanol–water partition coefficient (Wildman–Crippen LogP) is 2.47. The maximum atomic E-state index is 13.9. The van der Waals surface area contributed by atoms with Crippen LogP contribution in [0, 0.1) is 34.5 Å². The van der Waals surface area contributed by atoms with E-state index in [0.717, 1.165) is 10.4 Å². The Morgan fingerprint density at radius 3 is 2.27 bits per heavy atom. The molecule has 1 heterocycles. The number of halogens is 3. The van der Waals surface area contributed by atoms with Gasteiger partial charge < -0.3 is 4.90 Å². The molecule has 2 aromatic carbocycles. The van der Waals surface area contributed by atoms with Gasteiger partial charge in [-0.05, 0) is 25.1 Å². The molecule has 0 atom stereocenters. The molecular formula is C18H16F3N3O5S. The van der Waals surface area contributed by atoms with E-state index >= 15 is 0 Å².